The van der Waals surface area contributed by atoms with Crippen LogP contribution in [-0.4, -0.2) is 16.8 Å². The third-order valence-corrected chi connectivity index (χ3v) is 3.47. The van der Waals surface area contributed by atoms with Crippen molar-refractivity contribution in [2.45, 2.75) is 13.8 Å². The van der Waals surface area contributed by atoms with Crippen LogP contribution in [0.25, 0.3) is 6.08 Å². The molecule has 0 unspecified atom stereocenters. The Morgan fingerprint density at radius 1 is 1.08 bits per heavy atom. The molecule has 122 valence electrons. The van der Waals surface area contributed by atoms with E-state index in [-0.39, 0.29) is 16.8 Å². The van der Waals surface area contributed by atoms with E-state index in [1.807, 2.05) is 31.2 Å². The van der Waals surface area contributed by atoms with Gasteiger partial charge in [-0.25, -0.2) is 0 Å². The Labute approximate surface area is 146 Å². The molecule has 0 aliphatic carbocycles. The Bertz CT molecular complexity index is 795. The molecule has 0 bridgehead atoms. The molecule has 0 radical (unpaired) electrons. The fourth-order valence-corrected chi connectivity index (χ4v) is 2.20. The van der Waals surface area contributed by atoms with Gasteiger partial charge in [-0.3, -0.25) is 14.9 Å². The van der Waals surface area contributed by atoms with Crippen molar-refractivity contribution in [2.75, 3.05) is 5.32 Å². The van der Waals surface area contributed by atoms with Crippen molar-refractivity contribution in [3.8, 4) is 0 Å². The second-order valence-corrected chi connectivity index (χ2v) is 5.73. The average Bonchev–Trinajstić information content (AvgIpc) is 2.54. The number of rotatable bonds is 4. The molecular formula is C19H18N2O2S. The van der Waals surface area contributed by atoms with Crippen molar-refractivity contribution < 1.29 is 9.59 Å². The van der Waals surface area contributed by atoms with Crippen LogP contribution in [-0.2, 0) is 4.79 Å². The van der Waals surface area contributed by atoms with E-state index in [1.54, 1.807) is 30.3 Å². The molecule has 0 spiro atoms. The van der Waals surface area contributed by atoms with Gasteiger partial charge in [0.1, 0.15) is 0 Å². The Morgan fingerprint density at radius 2 is 1.79 bits per heavy atom. The average molecular weight is 338 g/mol. The summed E-state index contributed by atoms with van der Waals surface area (Å²) in [7, 11) is 0. The van der Waals surface area contributed by atoms with Gasteiger partial charge in [-0.1, -0.05) is 42.0 Å². The van der Waals surface area contributed by atoms with Gasteiger partial charge in [0.05, 0.1) is 0 Å². The standard InChI is InChI=1S/C19H18N2O2S/c1-13-6-8-15(9-7-13)10-11-18(23)21-19(24)20-17-5-3-4-16(12-17)14(2)22/h3-12H,1-2H3,(H2,20,21,23,24)/b11-10+. The third kappa shape index (κ3) is 5.44. The normalized spacial score (nSPS) is 10.4. The largest absolute Gasteiger partial charge is 0.332 e. The maximum Gasteiger partial charge on any atom is 0.250 e. The molecule has 4 nitrogen and oxygen atoms in total. The molecule has 0 heterocycles. The highest BCUT2D eigenvalue weighted by molar-refractivity contribution is 7.80. The summed E-state index contributed by atoms with van der Waals surface area (Å²) in [5.74, 6) is -0.356. The molecule has 5 heteroatoms. The number of carbonyl (C=O) groups excluding carboxylic acids is 2. The van der Waals surface area contributed by atoms with E-state index in [2.05, 4.69) is 10.6 Å². The van der Waals surface area contributed by atoms with Crippen molar-refractivity contribution in [2.24, 2.45) is 0 Å². The van der Waals surface area contributed by atoms with Crippen LogP contribution in [0.5, 0.6) is 0 Å². The van der Waals surface area contributed by atoms with Gasteiger partial charge in [0, 0.05) is 17.3 Å². The first-order valence-electron chi connectivity index (χ1n) is 7.42. The van der Waals surface area contributed by atoms with Gasteiger partial charge in [-0.15, -0.1) is 0 Å². The first-order chi connectivity index (χ1) is 11.4. The molecule has 0 fully saturated rings. The van der Waals surface area contributed by atoms with Gasteiger partial charge in [-0.05, 0) is 49.8 Å². The molecule has 24 heavy (non-hydrogen) atoms. The Balaban J connectivity index is 1.92. The summed E-state index contributed by atoms with van der Waals surface area (Å²) in [6.07, 6.45) is 3.14. The molecule has 0 atom stereocenters. The fraction of sp³-hybridized carbons (Fsp3) is 0.105. The summed E-state index contributed by atoms with van der Waals surface area (Å²) in [5, 5.41) is 5.63. The molecule has 0 saturated carbocycles. The molecule has 1 amide bonds. The van der Waals surface area contributed by atoms with Crippen LogP contribution in [0, 0.1) is 6.92 Å². The summed E-state index contributed by atoms with van der Waals surface area (Å²) in [5.41, 5.74) is 3.32. The van der Waals surface area contributed by atoms with Crippen LogP contribution >= 0.6 is 12.2 Å². The lowest BCUT2D eigenvalue weighted by Gasteiger charge is -2.08. The Hall–Kier alpha value is -2.79. The van der Waals surface area contributed by atoms with Gasteiger partial charge >= 0.3 is 0 Å². The van der Waals surface area contributed by atoms with Crippen molar-refractivity contribution >= 4 is 40.8 Å². The number of thiocarbonyl (C=S) groups is 1. The summed E-state index contributed by atoms with van der Waals surface area (Å²) in [4.78, 5) is 23.2. The number of nitrogens with one attached hydrogen (secondary N) is 2. The van der Waals surface area contributed by atoms with Gasteiger partial charge in [0.15, 0.2) is 10.9 Å². The number of carbonyl (C=O) groups is 2. The van der Waals surface area contributed by atoms with Crippen LogP contribution in [0.15, 0.2) is 54.6 Å². The zero-order valence-corrected chi connectivity index (χ0v) is 14.3. The van der Waals surface area contributed by atoms with E-state index in [4.69, 9.17) is 12.2 Å². The monoisotopic (exact) mass is 338 g/mol. The third-order valence-electron chi connectivity index (χ3n) is 3.27. The van der Waals surface area contributed by atoms with Gasteiger partial charge < -0.3 is 5.32 Å². The highest BCUT2D eigenvalue weighted by Gasteiger charge is 2.04. The van der Waals surface area contributed by atoms with Crippen LogP contribution in [0.2, 0.25) is 0 Å². The van der Waals surface area contributed by atoms with Gasteiger partial charge in [0.25, 0.3) is 0 Å². The minimum Gasteiger partial charge on any atom is -0.332 e. The number of hydrogen-bond donors (Lipinski definition) is 2. The minimum atomic E-state index is -0.323. The molecule has 0 saturated heterocycles. The number of amides is 1. The second-order valence-electron chi connectivity index (χ2n) is 5.32. The van der Waals surface area contributed by atoms with E-state index < -0.39 is 0 Å². The van der Waals surface area contributed by atoms with E-state index in [1.165, 1.54) is 13.0 Å². The number of aryl methyl sites for hydroxylation is 1. The fourth-order valence-electron chi connectivity index (χ4n) is 1.98. The van der Waals surface area contributed by atoms with Gasteiger partial charge in [-0.2, -0.15) is 0 Å². The topological polar surface area (TPSA) is 58.2 Å². The van der Waals surface area contributed by atoms with E-state index in [0.29, 0.717) is 11.3 Å². The van der Waals surface area contributed by atoms with Crippen molar-refractivity contribution in [1.29, 1.82) is 0 Å². The van der Waals surface area contributed by atoms with E-state index in [9.17, 15) is 9.59 Å². The molecular weight excluding hydrogens is 320 g/mol. The number of benzene rings is 2. The van der Waals surface area contributed by atoms with Crippen molar-refractivity contribution in [3.63, 3.8) is 0 Å². The number of ketones is 1. The second kappa shape index (κ2) is 8.17. The molecule has 0 aliphatic heterocycles. The number of hydrogen-bond acceptors (Lipinski definition) is 3. The number of anilines is 1. The summed E-state index contributed by atoms with van der Waals surface area (Å²) in [6, 6.07) is 14.7. The summed E-state index contributed by atoms with van der Waals surface area (Å²) < 4.78 is 0. The molecule has 2 aromatic carbocycles. The predicted molar refractivity (Wildman–Crippen MR) is 101 cm³/mol. The molecule has 0 aliphatic rings. The first-order valence-corrected chi connectivity index (χ1v) is 7.82. The summed E-state index contributed by atoms with van der Waals surface area (Å²) >= 11 is 5.11. The molecule has 2 rings (SSSR count). The zero-order chi connectivity index (χ0) is 17.5. The highest BCUT2D eigenvalue weighted by Crippen LogP contribution is 2.11. The molecule has 2 N–H and O–H groups in total. The Morgan fingerprint density at radius 3 is 2.46 bits per heavy atom. The lowest BCUT2D eigenvalue weighted by molar-refractivity contribution is -0.115. The molecule has 2 aromatic rings. The maximum atomic E-state index is 11.9. The minimum absolute atomic E-state index is 0.0327. The van der Waals surface area contributed by atoms with Crippen molar-refractivity contribution in [1.82, 2.24) is 5.32 Å². The Kier molecular flexibility index (Phi) is 5.98. The smallest absolute Gasteiger partial charge is 0.250 e. The first kappa shape index (κ1) is 17.6. The van der Waals surface area contributed by atoms with E-state index >= 15 is 0 Å². The summed E-state index contributed by atoms with van der Waals surface area (Å²) in [6.45, 7) is 3.50. The van der Waals surface area contributed by atoms with Gasteiger partial charge in [0.2, 0.25) is 5.91 Å². The predicted octanol–water partition coefficient (Wildman–Crippen LogP) is 3.72. The lowest BCUT2D eigenvalue weighted by Crippen LogP contribution is -2.32. The van der Waals surface area contributed by atoms with Crippen LogP contribution in [0.1, 0.15) is 28.4 Å². The van der Waals surface area contributed by atoms with E-state index in [0.717, 1.165) is 11.1 Å². The van der Waals surface area contributed by atoms with Crippen LogP contribution < -0.4 is 10.6 Å². The van der Waals surface area contributed by atoms with Crippen LogP contribution in [0.3, 0.4) is 0 Å². The highest BCUT2D eigenvalue weighted by atomic mass is 32.1. The van der Waals surface area contributed by atoms with Crippen LogP contribution in [0.4, 0.5) is 5.69 Å². The lowest BCUT2D eigenvalue weighted by atomic mass is 10.1. The number of Topliss-reactive ketones (excluding diaryl/α,β-unsaturated/α-hetero) is 1. The zero-order valence-electron chi connectivity index (χ0n) is 13.5. The quantitative estimate of drug-likeness (QED) is 0.507. The SMILES string of the molecule is CC(=O)c1cccc(NC(=S)NC(=O)/C=C/c2ccc(C)cc2)c1. The molecule has 0 aromatic heterocycles. The maximum absolute atomic E-state index is 11.9. The van der Waals surface area contributed by atoms with Crippen molar-refractivity contribution in [3.05, 3.63) is 71.3 Å².